The monoisotopic (exact) mass is 393 g/mol. The first-order valence-corrected chi connectivity index (χ1v) is 9.45. The molecule has 1 atom stereocenters. The summed E-state index contributed by atoms with van der Waals surface area (Å²) < 4.78 is 18.3. The number of nitrogens with zero attached hydrogens (tertiary/aromatic N) is 7. The van der Waals surface area contributed by atoms with Gasteiger partial charge in [-0.25, -0.2) is 4.68 Å². The summed E-state index contributed by atoms with van der Waals surface area (Å²) in [6, 6.07) is 9.56. The summed E-state index contributed by atoms with van der Waals surface area (Å²) in [6.07, 6.45) is 2.44. The molecule has 1 aliphatic carbocycles. The smallest absolute Gasteiger partial charge is 0.289 e. The number of ether oxygens (including phenoxy) is 1. The molecule has 0 saturated heterocycles. The minimum Gasteiger partial charge on any atom is -0.413 e. The number of hydrogen-bond donors (Lipinski definition) is 0. The van der Waals surface area contributed by atoms with Gasteiger partial charge in [-0.3, -0.25) is 0 Å². The number of fused-ring (bicyclic) bond motifs is 1. The van der Waals surface area contributed by atoms with E-state index >= 15 is 0 Å². The first-order chi connectivity index (χ1) is 14.3. The molecule has 0 saturated carbocycles. The molecule has 148 valence electrons. The SMILES string of the molecule is COCCn1nnc2c1CC(c1nc(-c3nnc(-c4ccccc4)o3)no1)CC2. The van der Waals surface area contributed by atoms with Crippen molar-refractivity contribution in [3.8, 4) is 23.2 Å². The second-order valence-corrected chi connectivity index (χ2v) is 6.87. The number of benzene rings is 1. The van der Waals surface area contributed by atoms with Crippen molar-refractivity contribution >= 4 is 0 Å². The van der Waals surface area contributed by atoms with Crippen molar-refractivity contribution in [2.45, 2.75) is 31.7 Å². The molecule has 1 aromatic carbocycles. The lowest BCUT2D eigenvalue weighted by Gasteiger charge is -2.18. The number of methoxy groups -OCH3 is 1. The highest BCUT2D eigenvalue weighted by Gasteiger charge is 2.29. The fourth-order valence-corrected chi connectivity index (χ4v) is 3.50. The third-order valence-corrected chi connectivity index (χ3v) is 5.02. The van der Waals surface area contributed by atoms with Gasteiger partial charge in [-0.05, 0) is 25.0 Å². The molecule has 29 heavy (non-hydrogen) atoms. The summed E-state index contributed by atoms with van der Waals surface area (Å²) in [5.41, 5.74) is 2.97. The maximum atomic E-state index is 5.72. The number of hydrogen-bond acceptors (Lipinski definition) is 9. The molecule has 10 nitrogen and oxygen atoms in total. The third kappa shape index (κ3) is 3.42. The molecule has 0 fully saturated rings. The molecule has 0 radical (unpaired) electrons. The minimum atomic E-state index is 0.0973. The average molecular weight is 393 g/mol. The van der Waals surface area contributed by atoms with Gasteiger partial charge in [-0.1, -0.05) is 28.6 Å². The van der Waals surface area contributed by atoms with E-state index in [1.54, 1.807) is 7.11 Å². The summed E-state index contributed by atoms with van der Waals surface area (Å²) >= 11 is 0. The molecule has 0 amide bonds. The molecular formula is C19H19N7O3. The van der Waals surface area contributed by atoms with Crippen molar-refractivity contribution in [2.75, 3.05) is 13.7 Å². The highest BCUT2D eigenvalue weighted by molar-refractivity contribution is 5.54. The van der Waals surface area contributed by atoms with E-state index in [1.807, 2.05) is 35.0 Å². The maximum absolute atomic E-state index is 5.72. The molecule has 3 aromatic heterocycles. The Balaban J connectivity index is 1.35. The molecule has 1 aliphatic rings. The lowest BCUT2D eigenvalue weighted by Crippen LogP contribution is -2.18. The van der Waals surface area contributed by atoms with E-state index in [-0.39, 0.29) is 11.8 Å². The third-order valence-electron chi connectivity index (χ3n) is 5.02. The highest BCUT2D eigenvalue weighted by atomic mass is 16.5. The Kier molecular flexibility index (Phi) is 4.60. The first-order valence-electron chi connectivity index (χ1n) is 9.45. The van der Waals surface area contributed by atoms with Crippen molar-refractivity contribution in [1.82, 2.24) is 35.3 Å². The van der Waals surface area contributed by atoms with Gasteiger partial charge in [0.1, 0.15) is 0 Å². The van der Waals surface area contributed by atoms with E-state index in [9.17, 15) is 0 Å². The average Bonchev–Trinajstić information content (AvgIpc) is 3.51. The summed E-state index contributed by atoms with van der Waals surface area (Å²) in [5.74, 6) is 1.61. The second-order valence-electron chi connectivity index (χ2n) is 6.87. The normalized spacial score (nSPS) is 16.1. The second kappa shape index (κ2) is 7.55. The van der Waals surface area contributed by atoms with Crippen LogP contribution in [0.1, 0.15) is 29.6 Å². The quantitative estimate of drug-likeness (QED) is 0.486. The van der Waals surface area contributed by atoms with E-state index in [0.29, 0.717) is 30.8 Å². The number of aryl methyl sites for hydroxylation is 1. The van der Waals surface area contributed by atoms with Crippen LogP contribution < -0.4 is 0 Å². The van der Waals surface area contributed by atoms with Gasteiger partial charge >= 0.3 is 0 Å². The van der Waals surface area contributed by atoms with Gasteiger partial charge in [0.25, 0.3) is 11.7 Å². The van der Waals surface area contributed by atoms with Gasteiger partial charge < -0.3 is 13.7 Å². The standard InChI is InChI=1S/C19H19N7O3/c1-27-10-9-26-15-11-13(7-8-14(15)21-25-26)17-20-16(24-29-17)19-23-22-18(28-19)12-5-3-2-4-6-12/h2-6,13H,7-11H2,1H3. The zero-order valence-corrected chi connectivity index (χ0v) is 15.9. The van der Waals surface area contributed by atoms with Gasteiger partial charge in [0.05, 0.1) is 24.5 Å². The van der Waals surface area contributed by atoms with Crippen molar-refractivity contribution < 1.29 is 13.7 Å². The number of rotatable bonds is 6. The summed E-state index contributed by atoms with van der Waals surface area (Å²) in [6.45, 7) is 1.26. The van der Waals surface area contributed by atoms with E-state index in [0.717, 1.165) is 36.2 Å². The van der Waals surface area contributed by atoms with E-state index in [4.69, 9.17) is 13.7 Å². The van der Waals surface area contributed by atoms with Crippen LogP contribution in [0.2, 0.25) is 0 Å². The Morgan fingerprint density at radius 1 is 1.14 bits per heavy atom. The van der Waals surface area contributed by atoms with Gasteiger partial charge in [-0.15, -0.1) is 15.3 Å². The molecule has 0 spiro atoms. The summed E-state index contributed by atoms with van der Waals surface area (Å²) in [7, 11) is 1.67. The van der Waals surface area contributed by atoms with Crippen molar-refractivity contribution in [2.24, 2.45) is 0 Å². The molecule has 10 heteroatoms. The van der Waals surface area contributed by atoms with Crippen LogP contribution in [0.3, 0.4) is 0 Å². The molecular weight excluding hydrogens is 374 g/mol. The molecule has 0 N–H and O–H groups in total. The topological polar surface area (TPSA) is 118 Å². The Morgan fingerprint density at radius 3 is 2.86 bits per heavy atom. The van der Waals surface area contributed by atoms with Crippen molar-refractivity contribution in [1.29, 1.82) is 0 Å². The van der Waals surface area contributed by atoms with E-state index in [1.165, 1.54) is 0 Å². The maximum Gasteiger partial charge on any atom is 0.289 e. The molecule has 0 aliphatic heterocycles. The predicted octanol–water partition coefficient (Wildman–Crippen LogP) is 2.30. The molecule has 1 unspecified atom stereocenters. The zero-order valence-electron chi connectivity index (χ0n) is 15.9. The van der Waals surface area contributed by atoms with Crippen LogP contribution in [0.5, 0.6) is 0 Å². The Labute approximate surface area is 165 Å². The molecule has 3 heterocycles. The highest BCUT2D eigenvalue weighted by Crippen LogP contribution is 2.32. The Morgan fingerprint density at radius 2 is 2.00 bits per heavy atom. The summed E-state index contributed by atoms with van der Waals surface area (Å²) in [4.78, 5) is 4.51. The predicted molar refractivity (Wildman–Crippen MR) is 99.7 cm³/mol. The first kappa shape index (κ1) is 17.7. The van der Waals surface area contributed by atoms with Gasteiger partial charge in [0.15, 0.2) is 0 Å². The van der Waals surface area contributed by atoms with Crippen LogP contribution in [0.4, 0.5) is 0 Å². The van der Waals surface area contributed by atoms with Crippen LogP contribution in [0.15, 0.2) is 39.3 Å². The lowest BCUT2D eigenvalue weighted by molar-refractivity contribution is 0.181. The number of aromatic nitrogens is 7. The summed E-state index contributed by atoms with van der Waals surface area (Å²) in [5, 5.41) is 20.7. The fraction of sp³-hybridized carbons (Fsp3) is 0.368. The lowest BCUT2D eigenvalue weighted by atomic mass is 9.89. The van der Waals surface area contributed by atoms with Crippen molar-refractivity contribution in [3.05, 3.63) is 47.6 Å². The van der Waals surface area contributed by atoms with Crippen LogP contribution in [0.25, 0.3) is 23.2 Å². The van der Waals surface area contributed by atoms with Crippen LogP contribution in [-0.4, -0.2) is 49.0 Å². The largest absolute Gasteiger partial charge is 0.413 e. The fourth-order valence-electron chi connectivity index (χ4n) is 3.50. The Hall–Kier alpha value is -3.40. The van der Waals surface area contributed by atoms with Gasteiger partial charge in [-0.2, -0.15) is 4.98 Å². The van der Waals surface area contributed by atoms with Crippen molar-refractivity contribution in [3.63, 3.8) is 0 Å². The Bertz CT molecular complexity index is 1100. The van der Waals surface area contributed by atoms with Crippen LogP contribution in [0, 0.1) is 0 Å². The molecule has 0 bridgehead atoms. The van der Waals surface area contributed by atoms with Crippen LogP contribution in [-0.2, 0) is 24.1 Å². The van der Waals surface area contributed by atoms with Gasteiger partial charge in [0.2, 0.25) is 11.8 Å². The zero-order chi connectivity index (χ0) is 19.6. The van der Waals surface area contributed by atoms with E-state index < -0.39 is 0 Å². The molecule has 4 aromatic rings. The van der Waals surface area contributed by atoms with E-state index in [2.05, 4.69) is 30.7 Å². The van der Waals surface area contributed by atoms with Crippen LogP contribution >= 0.6 is 0 Å². The minimum absolute atomic E-state index is 0.0973. The van der Waals surface area contributed by atoms with Gasteiger partial charge in [0, 0.05) is 25.0 Å². The molecule has 5 rings (SSSR count).